The van der Waals surface area contributed by atoms with E-state index in [4.69, 9.17) is 9.47 Å². The molecule has 4 fully saturated rings. The van der Waals surface area contributed by atoms with Crippen LogP contribution in [0.2, 0.25) is 0 Å². The van der Waals surface area contributed by atoms with Crippen LogP contribution in [0.4, 0.5) is 0 Å². The molecule has 0 aliphatic heterocycles. The molecule has 0 saturated heterocycles. The number of hydrogen-bond acceptors (Lipinski definition) is 3. The van der Waals surface area contributed by atoms with Gasteiger partial charge in [-0.25, -0.2) is 4.79 Å². The van der Waals surface area contributed by atoms with Crippen molar-refractivity contribution >= 4 is 12.0 Å². The molecule has 4 aliphatic rings. The van der Waals surface area contributed by atoms with Gasteiger partial charge in [0, 0.05) is 11.6 Å². The monoisotopic (exact) mass is 506 g/mol. The van der Waals surface area contributed by atoms with Crippen LogP contribution in [-0.4, -0.2) is 12.6 Å². The van der Waals surface area contributed by atoms with Crippen molar-refractivity contribution < 1.29 is 14.3 Å². The van der Waals surface area contributed by atoms with E-state index in [1.807, 2.05) is 13.0 Å². The molecule has 3 aromatic rings. The molecule has 0 radical (unpaired) electrons. The summed E-state index contributed by atoms with van der Waals surface area (Å²) in [6.45, 7) is 4.96. The molecule has 0 atom stereocenters. The van der Waals surface area contributed by atoms with E-state index in [1.165, 1.54) is 72.4 Å². The maximum Gasteiger partial charge on any atom is 0.330 e. The van der Waals surface area contributed by atoms with E-state index >= 15 is 0 Å². The minimum atomic E-state index is -0.305. The molecule has 0 N–H and O–H groups in total. The van der Waals surface area contributed by atoms with Crippen molar-refractivity contribution in [3.63, 3.8) is 0 Å². The SMILES string of the molecule is CCOC(=O)C=Cc1ccc(-c2ccc(OCc3ccccc3)c(C34CC5CC(CC(C5)C3)C4)c2)c(C)c1. The largest absolute Gasteiger partial charge is 0.489 e. The molecule has 3 aromatic carbocycles. The Morgan fingerprint density at radius 1 is 0.921 bits per heavy atom. The van der Waals surface area contributed by atoms with Crippen LogP contribution in [-0.2, 0) is 21.6 Å². The lowest BCUT2D eigenvalue weighted by atomic mass is 9.48. The van der Waals surface area contributed by atoms with Crippen LogP contribution in [0, 0.1) is 24.7 Å². The van der Waals surface area contributed by atoms with Crippen LogP contribution in [0.15, 0.2) is 72.8 Å². The Kier molecular flexibility index (Phi) is 6.86. The molecule has 196 valence electrons. The van der Waals surface area contributed by atoms with Gasteiger partial charge >= 0.3 is 5.97 Å². The molecule has 7 rings (SSSR count). The molecular weight excluding hydrogens is 468 g/mol. The summed E-state index contributed by atoms with van der Waals surface area (Å²) >= 11 is 0. The van der Waals surface area contributed by atoms with Crippen LogP contribution >= 0.6 is 0 Å². The standard InChI is InChI=1S/C35H38O3/c1-3-37-34(36)14-10-25-9-12-31(24(2)15-25)30-11-13-33(38-23-26-7-5-4-6-8-26)32(19-30)35-20-27-16-28(21-35)18-29(17-27)22-35/h4-15,19,27-29H,3,16-18,20-23H2,1-2H3. The van der Waals surface area contributed by atoms with Crippen molar-refractivity contribution in [1.29, 1.82) is 0 Å². The summed E-state index contributed by atoms with van der Waals surface area (Å²) in [5.41, 5.74) is 7.56. The van der Waals surface area contributed by atoms with Crippen molar-refractivity contribution in [1.82, 2.24) is 0 Å². The first-order valence-electron chi connectivity index (χ1n) is 14.3. The number of rotatable bonds is 8. The number of carbonyl (C=O) groups excluding carboxylic acids is 1. The summed E-state index contributed by atoms with van der Waals surface area (Å²) < 4.78 is 11.6. The Bertz CT molecular complexity index is 1300. The lowest BCUT2D eigenvalue weighted by Gasteiger charge is -2.57. The highest BCUT2D eigenvalue weighted by Gasteiger charge is 2.52. The Balaban J connectivity index is 1.34. The highest BCUT2D eigenvalue weighted by atomic mass is 16.5. The molecule has 4 bridgehead atoms. The smallest absolute Gasteiger partial charge is 0.330 e. The third kappa shape index (κ3) is 5.04. The average molecular weight is 507 g/mol. The van der Waals surface area contributed by atoms with Gasteiger partial charge in [-0.05, 0) is 122 Å². The molecule has 0 aromatic heterocycles. The molecule has 4 aliphatic carbocycles. The normalized spacial score (nSPS) is 25.6. The van der Waals surface area contributed by atoms with Crippen LogP contribution < -0.4 is 4.74 Å². The molecule has 0 spiro atoms. The first-order chi connectivity index (χ1) is 18.5. The van der Waals surface area contributed by atoms with Crippen LogP contribution in [0.1, 0.15) is 67.7 Å². The summed E-state index contributed by atoms with van der Waals surface area (Å²) in [6.07, 6.45) is 11.5. The van der Waals surface area contributed by atoms with Gasteiger partial charge in [-0.3, -0.25) is 0 Å². The molecule has 0 amide bonds. The molecule has 3 nitrogen and oxygen atoms in total. The summed E-state index contributed by atoms with van der Waals surface area (Å²) in [5.74, 6) is 3.38. The Morgan fingerprint density at radius 2 is 1.63 bits per heavy atom. The third-order valence-electron chi connectivity index (χ3n) is 9.09. The second-order valence-corrected chi connectivity index (χ2v) is 11.8. The Labute approximate surface area is 226 Å². The van der Waals surface area contributed by atoms with E-state index in [2.05, 4.69) is 73.7 Å². The zero-order valence-corrected chi connectivity index (χ0v) is 22.6. The Hall–Kier alpha value is -3.33. The number of aryl methyl sites for hydroxylation is 1. The fraction of sp³-hybridized carbons (Fsp3) is 0.400. The van der Waals surface area contributed by atoms with E-state index in [-0.39, 0.29) is 11.4 Å². The second kappa shape index (κ2) is 10.4. The topological polar surface area (TPSA) is 35.5 Å². The van der Waals surface area contributed by atoms with Gasteiger partial charge in [-0.15, -0.1) is 0 Å². The van der Waals surface area contributed by atoms with Crippen LogP contribution in [0.5, 0.6) is 5.75 Å². The predicted octanol–water partition coefficient (Wildman–Crippen LogP) is 8.29. The van der Waals surface area contributed by atoms with Crippen molar-refractivity contribution in [3.05, 3.63) is 95.1 Å². The van der Waals surface area contributed by atoms with Gasteiger partial charge < -0.3 is 9.47 Å². The van der Waals surface area contributed by atoms with Gasteiger partial charge in [0.25, 0.3) is 0 Å². The second-order valence-electron chi connectivity index (χ2n) is 11.8. The fourth-order valence-electron chi connectivity index (χ4n) is 7.88. The van der Waals surface area contributed by atoms with Gasteiger partial charge in [0.05, 0.1) is 6.61 Å². The van der Waals surface area contributed by atoms with Crippen LogP contribution in [0.25, 0.3) is 17.2 Å². The summed E-state index contributed by atoms with van der Waals surface area (Å²) in [6, 6.07) is 23.8. The van der Waals surface area contributed by atoms with Crippen LogP contribution in [0.3, 0.4) is 0 Å². The number of benzene rings is 3. The van der Waals surface area contributed by atoms with E-state index in [0.29, 0.717) is 13.2 Å². The van der Waals surface area contributed by atoms with Gasteiger partial charge in [0.1, 0.15) is 12.4 Å². The minimum Gasteiger partial charge on any atom is -0.489 e. The number of esters is 1. The molecule has 3 heteroatoms. The maximum absolute atomic E-state index is 11.7. The first-order valence-corrected chi connectivity index (χ1v) is 14.3. The molecular formula is C35H38O3. The van der Waals surface area contributed by atoms with E-state index < -0.39 is 0 Å². The van der Waals surface area contributed by atoms with E-state index in [1.54, 1.807) is 0 Å². The van der Waals surface area contributed by atoms with E-state index in [0.717, 1.165) is 29.1 Å². The predicted molar refractivity (Wildman–Crippen MR) is 153 cm³/mol. The minimum absolute atomic E-state index is 0.243. The van der Waals surface area contributed by atoms with Gasteiger partial charge in [-0.1, -0.05) is 54.6 Å². The molecule has 0 heterocycles. The van der Waals surface area contributed by atoms with Gasteiger partial charge in [-0.2, -0.15) is 0 Å². The van der Waals surface area contributed by atoms with E-state index in [9.17, 15) is 4.79 Å². The van der Waals surface area contributed by atoms with Gasteiger partial charge in [0.2, 0.25) is 0 Å². The quantitative estimate of drug-likeness (QED) is 0.228. The third-order valence-corrected chi connectivity index (χ3v) is 9.09. The van der Waals surface area contributed by atoms with Gasteiger partial charge in [0.15, 0.2) is 0 Å². The molecule has 4 saturated carbocycles. The lowest BCUT2D eigenvalue weighted by Crippen LogP contribution is -2.48. The van der Waals surface area contributed by atoms with Crippen molar-refractivity contribution in [2.24, 2.45) is 17.8 Å². The highest BCUT2D eigenvalue weighted by molar-refractivity contribution is 5.87. The Morgan fingerprint density at radius 3 is 2.29 bits per heavy atom. The average Bonchev–Trinajstić information content (AvgIpc) is 2.91. The first kappa shape index (κ1) is 25.0. The maximum atomic E-state index is 11.7. The summed E-state index contributed by atoms with van der Waals surface area (Å²) in [7, 11) is 0. The zero-order valence-electron chi connectivity index (χ0n) is 22.6. The van der Waals surface area contributed by atoms with Crippen molar-refractivity contribution in [2.45, 2.75) is 64.4 Å². The number of hydrogen-bond donors (Lipinski definition) is 0. The number of ether oxygens (including phenoxy) is 2. The number of carbonyl (C=O) groups is 1. The summed E-state index contributed by atoms with van der Waals surface area (Å²) in [4.78, 5) is 11.7. The molecule has 38 heavy (non-hydrogen) atoms. The summed E-state index contributed by atoms with van der Waals surface area (Å²) in [5, 5.41) is 0. The lowest BCUT2D eigenvalue weighted by molar-refractivity contribution is -0.137. The molecule has 0 unspecified atom stereocenters. The van der Waals surface area contributed by atoms with Crippen molar-refractivity contribution in [3.8, 4) is 16.9 Å². The van der Waals surface area contributed by atoms with Crippen molar-refractivity contribution in [2.75, 3.05) is 6.61 Å². The highest BCUT2D eigenvalue weighted by Crippen LogP contribution is 2.62. The fourth-order valence-corrected chi connectivity index (χ4v) is 7.88. The zero-order chi connectivity index (χ0) is 26.1.